The molecule has 0 aliphatic rings. The highest BCUT2D eigenvalue weighted by atomic mass is 35.5. The molecule has 0 aliphatic carbocycles. The summed E-state index contributed by atoms with van der Waals surface area (Å²) in [5, 5.41) is 3.92. The minimum atomic E-state index is -0.00611. The number of aromatic nitrogens is 6. The van der Waals surface area contributed by atoms with Crippen LogP contribution in [0.15, 0.2) is 36.9 Å². The van der Waals surface area contributed by atoms with Crippen LogP contribution in [0, 0.1) is 0 Å². The number of ether oxygens (including phenoxy) is 2. The van der Waals surface area contributed by atoms with E-state index in [4.69, 9.17) is 21.1 Å². The average Bonchev–Trinajstić information content (AvgIpc) is 3.01. The maximum atomic E-state index is 5.86. The molecule has 21 heavy (non-hydrogen) atoms. The van der Waals surface area contributed by atoms with Gasteiger partial charge < -0.3 is 9.47 Å². The quantitative estimate of drug-likeness (QED) is 0.727. The summed E-state index contributed by atoms with van der Waals surface area (Å²) < 4.78 is 12.0. The zero-order valence-electron chi connectivity index (χ0n) is 10.8. The van der Waals surface area contributed by atoms with Crippen molar-refractivity contribution in [3.05, 3.63) is 42.2 Å². The second kappa shape index (κ2) is 5.71. The van der Waals surface area contributed by atoms with E-state index in [0.717, 1.165) is 0 Å². The SMILES string of the molecule is COc1cccc(Oc2nc(Cl)nc(-n3cncn3)n2)c1. The molecule has 0 spiro atoms. The molecule has 0 radical (unpaired) electrons. The molecule has 0 saturated carbocycles. The molecule has 0 N–H and O–H groups in total. The Kier molecular flexibility index (Phi) is 3.61. The highest BCUT2D eigenvalue weighted by Gasteiger charge is 2.09. The van der Waals surface area contributed by atoms with Crippen LogP contribution in [-0.4, -0.2) is 36.8 Å². The van der Waals surface area contributed by atoms with Crippen LogP contribution in [0.5, 0.6) is 17.5 Å². The first kappa shape index (κ1) is 13.3. The molecule has 0 saturated heterocycles. The molecule has 9 heteroatoms. The largest absolute Gasteiger partial charge is 0.497 e. The van der Waals surface area contributed by atoms with Crippen molar-refractivity contribution in [3.8, 4) is 23.5 Å². The monoisotopic (exact) mass is 304 g/mol. The predicted molar refractivity (Wildman–Crippen MR) is 72.8 cm³/mol. The van der Waals surface area contributed by atoms with Crippen molar-refractivity contribution in [2.75, 3.05) is 7.11 Å². The van der Waals surface area contributed by atoms with E-state index in [-0.39, 0.29) is 17.2 Å². The molecule has 2 aromatic heterocycles. The highest BCUT2D eigenvalue weighted by Crippen LogP contribution is 2.23. The van der Waals surface area contributed by atoms with Gasteiger partial charge in [0.25, 0.3) is 5.95 Å². The van der Waals surface area contributed by atoms with E-state index in [1.54, 1.807) is 31.4 Å². The van der Waals surface area contributed by atoms with E-state index in [1.807, 2.05) is 0 Å². The van der Waals surface area contributed by atoms with Crippen LogP contribution in [0.3, 0.4) is 0 Å². The van der Waals surface area contributed by atoms with E-state index < -0.39 is 0 Å². The van der Waals surface area contributed by atoms with Crippen molar-refractivity contribution in [2.45, 2.75) is 0 Å². The molecule has 1 aromatic carbocycles. The van der Waals surface area contributed by atoms with Crippen molar-refractivity contribution in [1.82, 2.24) is 29.7 Å². The van der Waals surface area contributed by atoms with Gasteiger partial charge in [-0.15, -0.1) is 0 Å². The van der Waals surface area contributed by atoms with Gasteiger partial charge in [-0.05, 0) is 23.7 Å². The maximum Gasteiger partial charge on any atom is 0.328 e. The van der Waals surface area contributed by atoms with E-state index in [1.165, 1.54) is 17.3 Å². The Labute approximate surface area is 124 Å². The fourth-order valence-electron chi connectivity index (χ4n) is 1.55. The third-order valence-corrected chi connectivity index (χ3v) is 2.62. The Morgan fingerprint density at radius 3 is 2.76 bits per heavy atom. The van der Waals surface area contributed by atoms with Crippen LogP contribution in [0.4, 0.5) is 0 Å². The summed E-state index contributed by atoms with van der Waals surface area (Å²) in [7, 11) is 1.57. The zero-order valence-corrected chi connectivity index (χ0v) is 11.6. The third-order valence-electron chi connectivity index (χ3n) is 2.45. The summed E-state index contributed by atoms with van der Waals surface area (Å²) in [4.78, 5) is 15.8. The average molecular weight is 305 g/mol. The fraction of sp³-hybridized carbons (Fsp3) is 0.0833. The summed E-state index contributed by atoms with van der Waals surface area (Å²) in [5.74, 6) is 1.38. The van der Waals surface area contributed by atoms with Gasteiger partial charge in [0.05, 0.1) is 7.11 Å². The van der Waals surface area contributed by atoms with Gasteiger partial charge in [-0.25, -0.2) is 4.98 Å². The Morgan fingerprint density at radius 1 is 1.14 bits per heavy atom. The minimum Gasteiger partial charge on any atom is -0.497 e. The number of methoxy groups -OCH3 is 1. The van der Waals surface area contributed by atoms with E-state index in [2.05, 4.69) is 25.0 Å². The fourth-order valence-corrected chi connectivity index (χ4v) is 1.70. The lowest BCUT2D eigenvalue weighted by Gasteiger charge is -2.06. The van der Waals surface area contributed by atoms with Gasteiger partial charge in [0, 0.05) is 6.07 Å². The van der Waals surface area contributed by atoms with Gasteiger partial charge in [-0.1, -0.05) is 6.07 Å². The summed E-state index contributed by atoms with van der Waals surface area (Å²) in [5.41, 5.74) is 0. The predicted octanol–water partition coefficient (Wildman–Crippen LogP) is 1.91. The van der Waals surface area contributed by atoms with Crippen molar-refractivity contribution in [2.24, 2.45) is 0 Å². The lowest BCUT2D eigenvalue weighted by atomic mass is 10.3. The lowest BCUT2D eigenvalue weighted by molar-refractivity contribution is 0.403. The topological polar surface area (TPSA) is 87.8 Å². The highest BCUT2D eigenvalue weighted by molar-refractivity contribution is 6.28. The number of hydrogen-bond acceptors (Lipinski definition) is 7. The summed E-state index contributed by atoms with van der Waals surface area (Å²) >= 11 is 5.86. The molecule has 0 amide bonds. The van der Waals surface area contributed by atoms with E-state index >= 15 is 0 Å². The molecule has 0 unspecified atom stereocenters. The summed E-state index contributed by atoms with van der Waals surface area (Å²) in [6.45, 7) is 0. The number of benzene rings is 1. The van der Waals surface area contributed by atoms with Crippen LogP contribution < -0.4 is 9.47 Å². The molecule has 0 aliphatic heterocycles. The molecule has 0 atom stereocenters. The normalized spacial score (nSPS) is 10.4. The van der Waals surface area contributed by atoms with Gasteiger partial charge in [-0.2, -0.15) is 24.7 Å². The first-order valence-corrected chi connectivity index (χ1v) is 6.21. The van der Waals surface area contributed by atoms with Gasteiger partial charge in [0.1, 0.15) is 24.2 Å². The summed E-state index contributed by atoms with van der Waals surface area (Å²) in [6.07, 6.45) is 2.81. The molecule has 3 rings (SSSR count). The summed E-state index contributed by atoms with van der Waals surface area (Å²) in [6, 6.07) is 7.08. The van der Waals surface area contributed by atoms with Crippen molar-refractivity contribution in [1.29, 1.82) is 0 Å². The first-order valence-electron chi connectivity index (χ1n) is 5.83. The number of nitrogens with zero attached hydrogens (tertiary/aromatic N) is 6. The zero-order chi connectivity index (χ0) is 14.7. The Bertz CT molecular complexity index is 749. The van der Waals surface area contributed by atoms with E-state index in [0.29, 0.717) is 11.5 Å². The number of halogens is 1. The van der Waals surface area contributed by atoms with Crippen molar-refractivity contribution >= 4 is 11.6 Å². The molecule has 0 bridgehead atoms. The van der Waals surface area contributed by atoms with Crippen LogP contribution in [0.25, 0.3) is 5.95 Å². The number of rotatable bonds is 4. The van der Waals surface area contributed by atoms with Gasteiger partial charge in [-0.3, -0.25) is 0 Å². The third kappa shape index (κ3) is 3.06. The number of hydrogen-bond donors (Lipinski definition) is 0. The van der Waals surface area contributed by atoms with Crippen LogP contribution >= 0.6 is 11.6 Å². The first-order chi connectivity index (χ1) is 10.2. The Morgan fingerprint density at radius 2 is 2.00 bits per heavy atom. The Balaban J connectivity index is 1.91. The molecule has 3 aromatic rings. The molecular weight excluding hydrogens is 296 g/mol. The van der Waals surface area contributed by atoms with Gasteiger partial charge in [0.2, 0.25) is 5.28 Å². The van der Waals surface area contributed by atoms with E-state index in [9.17, 15) is 0 Å². The molecule has 2 heterocycles. The van der Waals surface area contributed by atoms with Crippen molar-refractivity contribution < 1.29 is 9.47 Å². The molecule has 0 fully saturated rings. The lowest BCUT2D eigenvalue weighted by Crippen LogP contribution is -2.05. The molecular formula is C12H9ClN6O2. The molecule has 106 valence electrons. The second-order valence-corrected chi connectivity index (χ2v) is 4.15. The van der Waals surface area contributed by atoms with Crippen molar-refractivity contribution in [3.63, 3.8) is 0 Å². The standard InChI is InChI=1S/C12H9ClN6O2/c1-20-8-3-2-4-9(5-8)21-12-17-10(13)16-11(18-12)19-7-14-6-15-19/h2-7H,1H3. The maximum absolute atomic E-state index is 5.86. The van der Waals surface area contributed by atoms with Crippen LogP contribution in [0.2, 0.25) is 5.28 Å². The smallest absolute Gasteiger partial charge is 0.328 e. The molecule has 8 nitrogen and oxygen atoms in total. The van der Waals surface area contributed by atoms with Crippen LogP contribution in [0.1, 0.15) is 0 Å². The van der Waals surface area contributed by atoms with Gasteiger partial charge >= 0.3 is 6.01 Å². The minimum absolute atomic E-state index is 0.00611. The Hall–Kier alpha value is -2.74. The van der Waals surface area contributed by atoms with Gasteiger partial charge in [0.15, 0.2) is 0 Å². The van der Waals surface area contributed by atoms with Crippen LogP contribution in [-0.2, 0) is 0 Å². The second-order valence-electron chi connectivity index (χ2n) is 3.81.